The van der Waals surface area contributed by atoms with Gasteiger partial charge in [-0.3, -0.25) is 9.78 Å². The van der Waals surface area contributed by atoms with Gasteiger partial charge in [0.25, 0.3) is 0 Å². The van der Waals surface area contributed by atoms with E-state index in [9.17, 15) is 13.6 Å². The molecule has 0 saturated carbocycles. The zero-order valence-corrected chi connectivity index (χ0v) is 16.5. The van der Waals surface area contributed by atoms with Crippen molar-refractivity contribution >= 4 is 22.5 Å². The van der Waals surface area contributed by atoms with Gasteiger partial charge in [-0.15, -0.1) is 0 Å². The van der Waals surface area contributed by atoms with Gasteiger partial charge in [-0.25, -0.2) is 8.78 Å². The molecule has 0 aliphatic carbocycles. The second-order valence-electron chi connectivity index (χ2n) is 7.27. The fraction of sp³-hybridized carbons (Fsp3) is 0.167. The quantitative estimate of drug-likeness (QED) is 0.427. The first-order valence-electron chi connectivity index (χ1n) is 9.79. The van der Waals surface area contributed by atoms with Crippen LogP contribution in [0.5, 0.6) is 0 Å². The van der Waals surface area contributed by atoms with Gasteiger partial charge in [0.05, 0.1) is 17.1 Å². The van der Waals surface area contributed by atoms with E-state index in [0.717, 1.165) is 45.6 Å². The van der Waals surface area contributed by atoms with Gasteiger partial charge in [0, 0.05) is 29.6 Å². The number of hydrogen-bond donors (Lipinski definition) is 2. The Morgan fingerprint density at radius 3 is 2.73 bits per heavy atom. The molecule has 4 rings (SSSR count). The molecule has 0 bridgehead atoms. The molecule has 6 heteroatoms. The molecule has 2 aromatic carbocycles. The van der Waals surface area contributed by atoms with E-state index in [0.29, 0.717) is 12.8 Å². The van der Waals surface area contributed by atoms with E-state index in [1.807, 2.05) is 31.2 Å². The molecule has 30 heavy (non-hydrogen) atoms. The van der Waals surface area contributed by atoms with E-state index in [1.54, 1.807) is 6.20 Å². The number of rotatable bonds is 6. The molecule has 0 fully saturated rings. The Morgan fingerprint density at radius 2 is 1.97 bits per heavy atom. The predicted molar refractivity (Wildman–Crippen MR) is 114 cm³/mol. The van der Waals surface area contributed by atoms with Crippen LogP contribution in [-0.2, 0) is 11.2 Å². The predicted octanol–water partition coefficient (Wildman–Crippen LogP) is 5.78. The molecular formula is C24H21F2N3O. The molecule has 152 valence electrons. The lowest BCUT2D eigenvalue weighted by molar-refractivity contribution is -0.116. The summed E-state index contributed by atoms with van der Waals surface area (Å²) in [7, 11) is 0. The summed E-state index contributed by atoms with van der Waals surface area (Å²) in [4.78, 5) is 20.2. The second kappa shape index (κ2) is 8.45. The highest BCUT2D eigenvalue weighted by Crippen LogP contribution is 2.31. The Kier molecular flexibility index (Phi) is 5.57. The molecule has 0 unspecified atom stereocenters. The van der Waals surface area contributed by atoms with Crippen molar-refractivity contribution in [1.29, 1.82) is 0 Å². The highest BCUT2D eigenvalue weighted by molar-refractivity contribution is 5.92. The van der Waals surface area contributed by atoms with Gasteiger partial charge in [-0.2, -0.15) is 0 Å². The summed E-state index contributed by atoms with van der Waals surface area (Å²) in [6.07, 6.45) is 3.21. The molecule has 0 atom stereocenters. The maximum absolute atomic E-state index is 13.7. The van der Waals surface area contributed by atoms with Crippen molar-refractivity contribution in [2.75, 3.05) is 5.32 Å². The minimum Gasteiger partial charge on any atom is -0.353 e. The summed E-state index contributed by atoms with van der Waals surface area (Å²) < 4.78 is 26.8. The van der Waals surface area contributed by atoms with Crippen molar-refractivity contribution in [3.8, 4) is 11.4 Å². The fourth-order valence-electron chi connectivity index (χ4n) is 3.58. The molecule has 2 heterocycles. The lowest BCUT2D eigenvalue weighted by Crippen LogP contribution is -2.12. The molecular weight excluding hydrogens is 384 g/mol. The maximum atomic E-state index is 13.7. The lowest BCUT2D eigenvalue weighted by Gasteiger charge is -2.08. The van der Waals surface area contributed by atoms with Gasteiger partial charge in [0.1, 0.15) is 11.6 Å². The number of nitrogens with one attached hydrogen (secondary N) is 2. The first-order chi connectivity index (χ1) is 14.5. The normalized spacial score (nSPS) is 11.0. The van der Waals surface area contributed by atoms with Gasteiger partial charge in [0.15, 0.2) is 0 Å². The number of fused-ring (bicyclic) bond motifs is 1. The summed E-state index contributed by atoms with van der Waals surface area (Å²) in [5.74, 6) is -1.77. The van der Waals surface area contributed by atoms with Crippen LogP contribution in [0.1, 0.15) is 24.0 Å². The molecule has 0 aliphatic heterocycles. The van der Waals surface area contributed by atoms with Crippen LogP contribution in [-0.4, -0.2) is 15.9 Å². The van der Waals surface area contributed by atoms with Crippen LogP contribution in [0.4, 0.5) is 14.5 Å². The van der Waals surface area contributed by atoms with Gasteiger partial charge in [-0.1, -0.05) is 17.7 Å². The number of carbonyl (C=O) groups is 1. The van der Waals surface area contributed by atoms with Crippen molar-refractivity contribution in [2.24, 2.45) is 0 Å². The van der Waals surface area contributed by atoms with E-state index in [-0.39, 0.29) is 18.0 Å². The fourth-order valence-corrected chi connectivity index (χ4v) is 3.58. The number of aromatic nitrogens is 2. The summed E-state index contributed by atoms with van der Waals surface area (Å²) in [6, 6.07) is 15.1. The van der Waals surface area contributed by atoms with Crippen LogP contribution in [0.25, 0.3) is 22.3 Å². The smallest absolute Gasteiger partial charge is 0.224 e. The van der Waals surface area contributed by atoms with Gasteiger partial charge >= 0.3 is 0 Å². The first kappa shape index (κ1) is 19.8. The topological polar surface area (TPSA) is 57.8 Å². The largest absolute Gasteiger partial charge is 0.353 e. The minimum absolute atomic E-state index is 0.0155. The number of carbonyl (C=O) groups excluding carboxylic acids is 1. The van der Waals surface area contributed by atoms with Crippen molar-refractivity contribution in [1.82, 2.24) is 9.97 Å². The summed E-state index contributed by atoms with van der Waals surface area (Å²) in [6.45, 7) is 2.04. The molecule has 2 aromatic heterocycles. The molecule has 2 N–H and O–H groups in total. The number of anilines is 1. The summed E-state index contributed by atoms with van der Waals surface area (Å²) >= 11 is 0. The van der Waals surface area contributed by atoms with Crippen LogP contribution in [0, 0.1) is 18.6 Å². The average molecular weight is 405 g/mol. The second-order valence-corrected chi connectivity index (χ2v) is 7.27. The third-order valence-electron chi connectivity index (χ3n) is 5.02. The number of aryl methyl sites for hydroxylation is 2. The molecule has 4 aromatic rings. The number of amides is 1. The van der Waals surface area contributed by atoms with E-state index in [2.05, 4.69) is 27.4 Å². The Morgan fingerprint density at radius 1 is 1.10 bits per heavy atom. The van der Waals surface area contributed by atoms with Crippen molar-refractivity contribution in [3.63, 3.8) is 0 Å². The van der Waals surface area contributed by atoms with Crippen LogP contribution >= 0.6 is 0 Å². The van der Waals surface area contributed by atoms with E-state index in [4.69, 9.17) is 0 Å². The van der Waals surface area contributed by atoms with Gasteiger partial charge in [-0.05, 0) is 61.7 Å². The van der Waals surface area contributed by atoms with Crippen molar-refractivity contribution < 1.29 is 13.6 Å². The van der Waals surface area contributed by atoms with Gasteiger partial charge in [0.2, 0.25) is 5.91 Å². The number of H-pyrrole nitrogens is 1. The van der Waals surface area contributed by atoms with E-state index >= 15 is 0 Å². The number of nitrogens with zero attached hydrogens (tertiary/aromatic N) is 1. The van der Waals surface area contributed by atoms with Crippen LogP contribution in [0.2, 0.25) is 0 Å². The standard InChI is InChI=1S/C24H21F2N3O/c1-15-8-10-20-18(13-15)17(24(29-20)22-6-2-3-12-27-22)5-4-7-23(30)28-21-11-9-16(25)14-19(21)26/h2-3,6,8-14,29H,4-5,7H2,1H3,(H,28,30). The van der Waals surface area contributed by atoms with E-state index in [1.165, 1.54) is 6.07 Å². The molecule has 0 saturated heterocycles. The maximum Gasteiger partial charge on any atom is 0.224 e. The first-order valence-corrected chi connectivity index (χ1v) is 9.79. The third kappa shape index (κ3) is 4.22. The number of aromatic amines is 1. The lowest BCUT2D eigenvalue weighted by atomic mass is 10.0. The SMILES string of the molecule is Cc1ccc2[nH]c(-c3ccccn3)c(CCCC(=O)Nc3ccc(F)cc3F)c2c1. The third-order valence-corrected chi connectivity index (χ3v) is 5.02. The highest BCUT2D eigenvalue weighted by atomic mass is 19.1. The average Bonchev–Trinajstić information content (AvgIpc) is 3.08. The molecule has 4 nitrogen and oxygen atoms in total. The Labute approximate surface area is 173 Å². The monoisotopic (exact) mass is 405 g/mol. The van der Waals surface area contributed by atoms with Crippen molar-refractivity contribution in [3.05, 3.63) is 83.6 Å². The Bertz CT molecular complexity index is 1200. The molecule has 0 aliphatic rings. The molecule has 1 amide bonds. The highest BCUT2D eigenvalue weighted by Gasteiger charge is 2.15. The summed E-state index contributed by atoms with van der Waals surface area (Å²) in [5.41, 5.74) is 5.06. The van der Waals surface area contributed by atoms with Crippen molar-refractivity contribution in [2.45, 2.75) is 26.2 Å². The molecule has 0 spiro atoms. The number of benzene rings is 2. The molecule has 0 radical (unpaired) electrons. The van der Waals surface area contributed by atoms with E-state index < -0.39 is 11.6 Å². The Balaban J connectivity index is 1.52. The Hall–Kier alpha value is -3.54. The van der Waals surface area contributed by atoms with Gasteiger partial charge < -0.3 is 10.3 Å². The zero-order chi connectivity index (χ0) is 21.1. The number of halogens is 2. The summed E-state index contributed by atoms with van der Waals surface area (Å²) in [5, 5.41) is 3.62. The number of pyridine rings is 1. The van der Waals surface area contributed by atoms with Crippen LogP contribution in [0.3, 0.4) is 0 Å². The number of hydrogen-bond acceptors (Lipinski definition) is 2. The van der Waals surface area contributed by atoms with Crippen LogP contribution < -0.4 is 5.32 Å². The minimum atomic E-state index is -0.784. The zero-order valence-electron chi connectivity index (χ0n) is 16.5. The van der Waals surface area contributed by atoms with Crippen LogP contribution in [0.15, 0.2) is 60.8 Å².